The van der Waals surface area contributed by atoms with Crippen LogP contribution in [0.4, 0.5) is 17.6 Å². The van der Waals surface area contributed by atoms with E-state index in [4.69, 9.17) is 11.6 Å². The molecule has 0 bridgehead atoms. The van der Waals surface area contributed by atoms with Crippen molar-refractivity contribution in [2.45, 2.75) is 12.2 Å². The smallest absolute Gasteiger partial charge is 0.314 e. The van der Waals surface area contributed by atoms with Gasteiger partial charge in [-0.1, -0.05) is 11.6 Å². The van der Waals surface area contributed by atoms with Gasteiger partial charge >= 0.3 is 6.18 Å². The Morgan fingerprint density at radius 2 is 1.88 bits per heavy atom. The summed E-state index contributed by atoms with van der Waals surface area (Å²) in [5.41, 5.74) is -0.189. The molecule has 1 aliphatic rings. The lowest BCUT2D eigenvalue weighted by Crippen LogP contribution is -2.45. The zero-order valence-electron chi connectivity index (χ0n) is 12.9. The minimum atomic E-state index is -4.57. The molecule has 0 radical (unpaired) electrons. The van der Waals surface area contributed by atoms with Gasteiger partial charge in [-0.3, -0.25) is 4.90 Å². The van der Waals surface area contributed by atoms with Crippen LogP contribution in [0.15, 0.2) is 29.0 Å². The van der Waals surface area contributed by atoms with E-state index in [0.717, 1.165) is 11.6 Å². The number of hydrogen-bond donors (Lipinski definition) is 1. The molecule has 9 heteroatoms. The van der Waals surface area contributed by atoms with Crippen LogP contribution in [0.2, 0.25) is 5.02 Å². The van der Waals surface area contributed by atoms with Crippen molar-refractivity contribution in [3.8, 4) is 0 Å². The number of benzene rings is 1. The summed E-state index contributed by atoms with van der Waals surface area (Å²) in [5, 5.41) is 6.35. The second-order valence-corrected chi connectivity index (χ2v) is 6.79. The molecule has 1 atom stereocenters. The summed E-state index contributed by atoms with van der Waals surface area (Å²) in [6, 6.07) is 2.75. The predicted octanol–water partition coefficient (Wildman–Crippen LogP) is 4.98. The highest BCUT2D eigenvalue weighted by Crippen LogP contribution is 2.39. The van der Waals surface area contributed by atoms with Crippen LogP contribution >= 0.6 is 35.3 Å². The van der Waals surface area contributed by atoms with E-state index in [1.165, 1.54) is 11.3 Å². The number of piperazine rings is 1. The van der Waals surface area contributed by atoms with Gasteiger partial charge in [0.05, 0.1) is 16.6 Å². The normalized spacial score (nSPS) is 17.2. The topological polar surface area (TPSA) is 15.3 Å². The number of alkyl halides is 3. The molecular formula is C16H16Cl2F4N2S. The van der Waals surface area contributed by atoms with Crippen molar-refractivity contribution >= 4 is 35.3 Å². The molecule has 0 unspecified atom stereocenters. The van der Waals surface area contributed by atoms with Gasteiger partial charge in [-0.15, -0.1) is 12.4 Å². The highest BCUT2D eigenvalue weighted by molar-refractivity contribution is 7.08. The van der Waals surface area contributed by atoms with Crippen LogP contribution in [0, 0.1) is 5.82 Å². The minimum absolute atomic E-state index is 0. The van der Waals surface area contributed by atoms with Crippen molar-refractivity contribution < 1.29 is 17.6 Å². The maximum absolute atomic E-state index is 14.6. The van der Waals surface area contributed by atoms with Gasteiger partial charge in [-0.25, -0.2) is 4.39 Å². The number of thiophene rings is 1. The Kier molecular flexibility index (Phi) is 6.73. The molecule has 1 aromatic carbocycles. The first kappa shape index (κ1) is 20.5. The van der Waals surface area contributed by atoms with Crippen LogP contribution in [0.1, 0.15) is 22.7 Å². The Bertz CT molecular complexity index is 701. The molecule has 0 saturated carbocycles. The molecule has 138 valence electrons. The third kappa shape index (κ3) is 4.46. The van der Waals surface area contributed by atoms with Crippen molar-refractivity contribution in [2.75, 3.05) is 26.2 Å². The number of nitrogens with zero attached hydrogens (tertiary/aromatic N) is 1. The summed E-state index contributed by atoms with van der Waals surface area (Å²) >= 11 is 7.19. The van der Waals surface area contributed by atoms with Gasteiger partial charge in [0.2, 0.25) is 0 Å². The van der Waals surface area contributed by atoms with Crippen LogP contribution in [0.25, 0.3) is 0 Å². The van der Waals surface area contributed by atoms with Crippen molar-refractivity contribution in [3.05, 3.63) is 56.5 Å². The van der Waals surface area contributed by atoms with E-state index in [1.54, 1.807) is 0 Å². The number of hydrogen-bond acceptors (Lipinski definition) is 3. The maximum atomic E-state index is 14.6. The number of rotatable bonds is 3. The van der Waals surface area contributed by atoms with Gasteiger partial charge < -0.3 is 5.32 Å². The molecule has 0 spiro atoms. The van der Waals surface area contributed by atoms with Gasteiger partial charge in [-0.05, 0) is 34.5 Å². The lowest BCUT2D eigenvalue weighted by molar-refractivity contribution is -0.137. The molecule has 1 aromatic heterocycles. The first-order valence-corrected chi connectivity index (χ1v) is 8.73. The zero-order chi connectivity index (χ0) is 17.3. The third-order valence-electron chi connectivity index (χ3n) is 4.05. The van der Waals surface area contributed by atoms with Gasteiger partial charge in [0.15, 0.2) is 0 Å². The maximum Gasteiger partial charge on any atom is 0.416 e. The lowest BCUT2D eigenvalue weighted by atomic mass is 9.96. The van der Waals surface area contributed by atoms with Crippen molar-refractivity contribution in [2.24, 2.45) is 0 Å². The molecule has 1 N–H and O–H groups in total. The summed E-state index contributed by atoms with van der Waals surface area (Å²) in [6.45, 7) is 2.64. The summed E-state index contributed by atoms with van der Waals surface area (Å²) in [7, 11) is 0. The van der Waals surface area contributed by atoms with E-state index < -0.39 is 28.6 Å². The van der Waals surface area contributed by atoms with Crippen LogP contribution in [0.5, 0.6) is 0 Å². The van der Waals surface area contributed by atoms with Crippen LogP contribution in [-0.4, -0.2) is 31.1 Å². The van der Waals surface area contributed by atoms with Crippen molar-refractivity contribution in [3.63, 3.8) is 0 Å². The Labute approximate surface area is 158 Å². The fraction of sp³-hybridized carbons (Fsp3) is 0.375. The summed E-state index contributed by atoms with van der Waals surface area (Å²) in [5.74, 6) is -0.792. The lowest BCUT2D eigenvalue weighted by Gasteiger charge is -2.35. The van der Waals surface area contributed by atoms with E-state index in [1.807, 2.05) is 21.7 Å². The summed E-state index contributed by atoms with van der Waals surface area (Å²) in [4.78, 5) is 1.98. The van der Waals surface area contributed by atoms with Crippen LogP contribution in [-0.2, 0) is 6.18 Å². The Morgan fingerprint density at radius 1 is 1.20 bits per heavy atom. The molecular weight excluding hydrogens is 399 g/mol. The summed E-state index contributed by atoms with van der Waals surface area (Å²) in [6.07, 6.45) is -4.57. The van der Waals surface area contributed by atoms with E-state index in [2.05, 4.69) is 5.32 Å². The molecule has 2 aromatic rings. The van der Waals surface area contributed by atoms with Gasteiger partial charge in [-0.2, -0.15) is 24.5 Å². The highest BCUT2D eigenvalue weighted by Gasteiger charge is 2.35. The largest absolute Gasteiger partial charge is 0.416 e. The molecule has 0 aliphatic carbocycles. The monoisotopic (exact) mass is 414 g/mol. The van der Waals surface area contributed by atoms with Crippen molar-refractivity contribution in [1.82, 2.24) is 10.2 Å². The quantitative estimate of drug-likeness (QED) is 0.712. The molecule has 25 heavy (non-hydrogen) atoms. The molecule has 1 aliphatic heterocycles. The predicted molar refractivity (Wildman–Crippen MR) is 94.3 cm³/mol. The average Bonchev–Trinajstić information content (AvgIpc) is 3.05. The molecule has 1 fully saturated rings. The average molecular weight is 415 g/mol. The third-order valence-corrected chi connectivity index (χ3v) is 5.03. The second-order valence-electron chi connectivity index (χ2n) is 5.60. The zero-order valence-corrected chi connectivity index (χ0v) is 15.3. The standard InChI is InChI=1S/C16H15ClF4N2S.ClH/c17-13-8-11(16(19,20)21)7-12(14(13)18)15(10-1-6-24-9-10)23-4-2-22-3-5-23;/h1,6-9,15,22H,2-5H2;1H/t15-;/m1./s1. The van der Waals surface area contributed by atoms with E-state index in [0.29, 0.717) is 32.2 Å². The first-order chi connectivity index (χ1) is 11.4. The fourth-order valence-electron chi connectivity index (χ4n) is 2.93. The van der Waals surface area contributed by atoms with Gasteiger partial charge in [0.1, 0.15) is 5.82 Å². The number of nitrogens with one attached hydrogen (secondary N) is 1. The highest BCUT2D eigenvalue weighted by atomic mass is 35.5. The van der Waals surface area contributed by atoms with E-state index in [9.17, 15) is 17.6 Å². The Balaban J connectivity index is 0.00000225. The number of halogens is 6. The minimum Gasteiger partial charge on any atom is -0.314 e. The SMILES string of the molecule is Cl.Fc1c(Cl)cc(C(F)(F)F)cc1[C@@H](c1ccsc1)N1CCNCC1. The van der Waals surface area contributed by atoms with Crippen molar-refractivity contribution in [1.29, 1.82) is 0 Å². The Morgan fingerprint density at radius 3 is 2.44 bits per heavy atom. The summed E-state index contributed by atoms with van der Waals surface area (Å²) < 4.78 is 54.0. The van der Waals surface area contributed by atoms with Crippen LogP contribution < -0.4 is 5.32 Å². The molecule has 2 nitrogen and oxygen atoms in total. The van der Waals surface area contributed by atoms with Gasteiger partial charge in [0, 0.05) is 31.7 Å². The molecule has 1 saturated heterocycles. The fourth-order valence-corrected chi connectivity index (χ4v) is 3.84. The van der Waals surface area contributed by atoms with Gasteiger partial charge in [0.25, 0.3) is 0 Å². The van der Waals surface area contributed by atoms with E-state index in [-0.39, 0.29) is 18.0 Å². The van der Waals surface area contributed by atoms with E-state index >= 15 is 0 Å². The molecule has 2 heterocycles. The Hall–Kier alpha value is -0.860. The molecule has 0 amide bonds. The second kappa shape index (κ2) is 8.22. The first-order valence-electron chi connectivity index (χ1n) is 7.41. The molecule has 3 rings (SSSR count). The van der Waals surface area contributed by atoms with Crippen LogP contribution in [0.3, 0.4) is 0 Å².